The van der Waals surface area contributed by atoms with Crippen LogP contribution in [0.4, 0.5) is 4.79 Å². The summed E-state index contributed by atoms with van der Waals surface area (Å²) >= 11 is 0. The number of hydrogen-bond donors (Lipinski definition) is 2. The number of hydrogen-bond acceptors (Lipinski definition) is 7. The van der Waals surface area contributed by atoms with Crippen LogP contribution in [0, 0.1) is 0 Å². The first-order chi connectivity index (χ1) is 18.2. The SMILES string of the molecule is COc1cc(C(C)N(CCOCc2ccccc2)C(=O)NC2(C(=O)O)CCOCC2)cc(OC)c1C(C)=O. The van der Waals surface area contributed by atoms with Crippen LogP contribution < -0.4 is 14.8 Å². The molecule has 2 amide bonds. The van der Waals surface area contributed by atoms with Crippen molar-refractivity contribution in [3.8, 4) is 11.5 Å². The highest BCUT2D eigenvalue weighted by Gasteiger charge is 2.43. The highest BCUT2D eigenvalue weighted by molar-refractivity contribution is 5.99. The standard InChI is InChI=1S/C28H36N2O8/c1-19(22-16-23(35-3)25(20(2)31)24(17-22)36-4)30(12-15-38-18-21-8-6-5-7-9-21)27(34)29-28(26(32)33)10-13-37-14-11-28/h5-9,16-17,19H,10-15,18H2,1-4H3,(H,29,34)(H,32,33). The predicted molar refractivity (Wildman–Crippen MR) is 140 cm³/mol. The van der Waals surface area contributed by atoms with Crippen molar-refractivity contribution in [3.05, 3.63) is 59.2 Å². The third-order valence-electron chi connectivity index (χ3n) is 6.78. The molecular weight excluding hydrogens is 492 g/mol. The number of aliphatic carboxylic acids is 1. The van der Waals surface area contributed by atoms with Crippen molar-refractivity contribution in [1.82, 2.24) is 10.2 Å². The lowest BCUT2D eigenvalue weighted by atomic mass is 9.90. The highest BCUT2D eigenvalue weighted by atomic mass is 16.5. The lowest BCUT2D eigenvalue weighted by Gasteiger charge is -2.38. The molecule has 0 aliphatic carbocycles. The number of ether oxygens (including phenoxy) is 4. The summed E-state index contributed by atoms with van der Waals surface area (Å²) in [5.41, 5.74) is 0.530. The Kier molecular flexibility index (Phi) is 10.1. The van der Waals surface area contributed by atoms with Gasteiger partial charge < -0.3 is 34.3 Å². The van der Waals surface area contributed by atoms with E-state index in [0.29, 0.717) is 29.2 Å². The van der Waals surface area contributed by atoms with Crippen molar-refractivity contribution in [2.75, 3.05) is 40.6 Å². The molecule has 206 valence electrons. The van der Waals surface area contributed by atoms with Crippen molar-refractivity contribution >= 4 is 17.8 Å². The molecule has 2 aromatic rings. The summed E-state index contributed by atoms with van der Waals surface area (Å²) in [6.45, 7) is 4.49. The second-order valence-electron chi connectivity index (χ2n) is 9.19. The van der Waals surface area contributed by atoms with Crippen LogP contribution in [0.3, 0.4) is 0 Å². The maximum atomic E-state index is 13.6. The summed E-state index contributed by atoms with van der Waals surface area (Å²) in [5, 5.41) is 12.7. The smallest absolute Gasteiger partial charge is 0.329 e. The number of amides is 2. The quantitative estimate of drug-likeness (QED) is 0.315. The Morgan fingerprint density at radius 3 is 2.21 bits per heavy atom. The number of rotatable bonds is 12. The van der Waals surface area contributed by atoms with Crippen LogP contribution in [0.5, 0.6) is 11.5 Å². The molecule has 1 atom stereocenters. The van der Waals surface area contributed by atoms with Crippen molar-refractivity contribution in [3.63, 3.8) is 0 Å². The molecule has 38 heavy (non-hydrogen) atoms. The number of carboxylic acid groups (broad SMARTS) is 1. The van der Waals surface area contributed by atoms with Crippen LogP contribution in [0.2, 0.25) is 0 Å². The molecule has 1 heterocycles. The molecule has 1 aliphatic heterocycles. The molecule has 2 N–H and O–H groups in total. The summed E-state index contributed by atoms with van der Waals surface area (Å²) in [7, 11) is 2.92. The fraction of sp³-hybridized carbons (Fsp3) is 0.464. The van der Waals surface area contributed by atoms with Crippen molar-refractivity contribution in [2.24, 2.45) is 0 Å². The van der Waals surface area contributed by atoms with Gasteiger partial charge in [-0.3, -0.25) is 4.79 Å². The molecule has 1 fully saturated rings. The number of benzene rings is 2. The molecule has 0 saturated carbocycles. The van der Waals surface area contributed by atoms with Crippen molar-refractivity contribution in [1.29, 1.82) is 0 Å². The van der Waals surface area contributed by atoms with E-state index < -0.39 is 23.6 Å². The highest BCUT2D eigenvalue weighted by Crippen LogP contribution is 2.35. The number of carbonyl (C=O) groups is 3. The molecule has 10 heteroatoms. The van der Waals surface area contributed by atoms with Gasteiger partial charge in [-0.05, 0) is 37.1 Å². The number of ketones is 1. The first kappa shape index (κ1) is 28.9. The maximum Gasteiger partial charge on any atom is 0.329 e. The Bertz CT molecular complexity index is 1090. The van der Waals surface area contributed by atoms with Crippen molar-refractivity contribution in [2.45, 2.75) is 44.9 Å². The summed E-state index contributed by atoms with van der Waals surface area (Å²) in [4.78, 5) is 39.5. The third kappa shape index (κ3) is 6.81. The molecule has 2 aromatic carbocycles. The Balaban J connectivity index is 1.88. The van der Waals surface area contributed by atoms with E-state index in [4.69, 9.17) is 18.9 Å². The molecule has 0 radical (unpaired) electrons. The Morgan fingerprint density at radius 1 is 1.08 bits per heavy atom. The number of carboxylic acids is 1. The molecule has 0 bridgehead atoms. The Morgan fingerprint density at radius 2 is 1.68 bits per heavy atom. The average Bonchev–Trinajstić information content (AvgIpc) is 2.92. The van der Waals surface area contributed by atoms with Gasteiger partial charge >= 0.3 is 12.0 Å². The van der Waals surface area contributed by atoms with E-state index in [2.05, 4.69) is 5.32 Å². The van der Waals surface area contributed by atoms with E-state index >= 15 is 0 Å². The Hall–Kier alpha value is -3.63. The number of Topliss-reactive ketones (excluding diaryl/α,β-unsaturated/α-hetero) is 1. The van der Waals surface area contributed by atoms with E-state index in [1.165, 1.54) is 26.0 Å². The van der Waals surface area contributed by atoms with Gasteiger partial charge in [0.2, 0.25) is 0 Å². The van der Waals surface area contributed by atoms with E-state index in [9.17, 15) is 19.5 Å². The van der Waals surface area contributed by atoms with Gasteiger partial charge in [-0.2, -0.15) is 0 Å². The molecule has 10 nitrogen and oxygen atoms in total. The van der Waals surface area contributed by atoms with Gasteiger partial charge in [0.15, 0.2) is 5.78 Å². The minimum Gasteiger partial charge on any atom is -0.496 e. The first-order valence-corrected chi connectivity index (χ1v) is 12.5. The second-order valence-corrected chi connectivity index (χ2v) is 9.19. The lowest BCUT2D eigenvalue weighted by molar-refractivity contribution is -0.148. The second kappa shape index (κ2) is 13.3. The van der Waals surface area contributed by atoms with Gasteiger partial charge in [0.1, 0.15) is 22.6 Å². The maximum absolute atomic E-state index is 13.6. The van der Waals surface area contributed by atoms with E-state index in [1.54, 1.807) is 12.1 Å². The topological polar surface area (TPSA) is 124 Å². The number of carbonyl (C=O) groups excluding carboxylic acids is 2. The monoisotopic (exact) mass is 528 g/mol. The van der Waals surface area contributed by atoms with Gasteiger partial charge in [-0.25, -0.2) is 9.59 Å². The normalized spacial score (nSPS) is 15.3. The zero-order valence-electron chi connectivity index (χ0n) is 22.3. The molecular formula is C28H36N2O8. The van der Waals surface area contributed by atoms with E-state index in [-0.39, 0.29) is 45.0 Å². The number of urea groups is 1. The summed E-state index contributed by atoms with van der Waals surface area (Å²) in [6.07, 6.45) is 0.325. The molecule has 1 unspecified atom stereocenters. The fourth-order valence-corrected chi connectivity index (χ4v) is 4.49. The van der Waals surface area contributed by atoms with Gasteiger partial charge in [0, 0.05) is 32.6 Å². The number of nitrogens with one attached hydrogen (secondary N) is 1. The zero-order valence-corrected chi connectivity index (χ0v) is 22.3. The predicted octanol–water partition coefficient (Wildman–Crippen LogP) is 3.83. The molecule has 0 spiro atoms. The zero-order chi connectivity index (χ0) is 27.7. The van der Waals surface area contributed by atoms with Crippen LogP contribution in [-0.2, 0) is 20.9 Å². The van der Waals surface area contributed by atoms with Crippen LogP contribution >= 0.6 is 0 Å². The van der Waals surface area contributed by atoms with E-state index in [1.807, 2.05) is 37.3 Å². The lowest BCUT2D eigenvalue weighted by Crippen LogP contribution is -2.60. The molecule has 3 rings (SSSR count). The minimum atomic E-state index is -1.42. The average molecular weight is 529 g/mol. The Labute approximate surface area is 222 Å². The summed E-state index contributed by atoms with van der Waals surface area (Å²) in [6, 6.07) is 12.0. The van der Waals surface area contributed by atoms with Crippen LogP contribution in [-0.4, -0.2) is 73.9 Å². The van der Waals surface area contributed by atoms with Gasteiger partial charge in [-0.15, -0.1) is 0 Å². The summed E-state index contributed by atoms with van der Waals surface area (Å²) < 4.78 is 22.1. The molecule has 0 aromatic heterocycles. The fourth-order valence-electron chi connectivity index (χ4n) is 4.49. The number of nitrogens with zero attached hydrogens (tertiary/aromatic N) is 1. The van der Waals surface area contributed by atoms with Gasteiger partial charge in [0.05, 0.1) is 33.5 Å². The van der Waals surface area contributed by atoms with Crippen LogP contribution in [0.15, 0.2) is 42.5 Å². The van der Waals surface area contributed by atoms with Crippen LogP contribution in [0.25, 0.3) is 0 Å². The first-order valence-electron chi connectivity index (χ1n) is 12.5. The molecule has 1 saturated heterocycles. The third-order valence-corrected chi connectivity index (χ3v) is 6.78. The van der Waals surface area contributed by atoms with Gasteiger partial charge in [0.25, 0.3) is 0 Å². The van der Waals surface area contributed by atoms with E-state index in [0.717, 1.165) is 5.56 Å². The largest absolute Gasteiger partial charge is 0.496 e. The summed E-state index contributed by atoms with van der Waals surface area (Å²) in [5.74, 6) is -0.669. The number of methoxy groups -OCH3 is 2. The van der Waals surface area contributed by atoms with Crippen molar-refractivity contribution < 1.29 is 38.4 Å². The van der Waals surface area contributed by atoms with Gasteiger partial charge in [-0.1, -0.05) is 30.3 Å². The minimum absolute atomic E-state index is 0.162. The van der Waals surface area contributed by atoms with Crippen LogP contribution in [0.1, 0.15) is 54.2 Å². The molecule has 1 aliphatic rings.